The fraction of sp³-hybridized carbons (Fsp3) is 0.579. The molecule has 144 valence electrons. The van der Waals surface area contributed by atoms with Crippen LogP contribution in [0.3, 0.4) is 0 Å². The van der Waals surface area contributed by atoms with Crippen LogP contribution in [-0.4, -0.2) is 48.2 Å². The molecule has 1 aliphatic rings. The number of nitrogens with two attached hydrogens (primary N) is 1. The zero-order chi connectivity index (χ0) is 19.6. The second-order valence-corrected chi connectivity index (χ2v) is 7.96. The van der Waals surface area contributed by atoms with Crippen molar-refractivity contribution in [1.29, 1.82) is 0 Å². The number of nitrogens with zero attached hydrogens (tertiary/aromatic N) is 2. The Bertz CT molecular complexity index is 685. The molecule has 6 nitrogen and oxygen atoms in total. The molecule has 0 radical (unpaired) electrons. The van der Waals surface area contributed by atoms with Crippen LogP contribution in [0.1, 0.15) is 45.0 Å². The Morgan fingerprint density at radius 2 is 1.92 bits per heavy atom. The second-order valence-electron chi connectivity index (χ2n) is 7.96. The van der Waals surface area contributed by atoms with Crippen molar-refractivity contribution in [2.24, 2.45) is 11.7 Å². The van der Waals surface area contributed by atoms with Gasteiger partial charge in [-0.15, -0.1) is 0 Å². The number of piperazine rings is 1. The molecule has 0 bridgehead atoms. The van der Waals surface area contributed by atoms with Gasteiger partial charge in [-0.1, -0.05) is 13.8 Å². The van der Waals surface area contributed by atoms with Gasteiger partial charge in [-0.25, -0.2) is 9.18 Å². The van der Waals surface area contributed by atoms with E-state index in [0.29, 0.717) is 25.3 Å². The Labute approximate surface area is 154 Å². The van der Waals surface area contributed by atoms with E-state index < -0.39 is 17.3 Å². The molecule has 0 spiro atoms. The molecule has 2 rings (SSSR count). The van der Waals surface area contributed by atoms with Crippen LogP contribution in [0.25, 0.3) is 0 Å². The number of primary amides is 1. The number of hydrogen-bond donors (Lipinski definition) is 1. The Morgan fingerprint density at radius 1 is 1.27 bits per heavy atom. The molecule has 1 fully saturated rings. The summed E-state index contributed by atoms with van der Waals surface area (Å²) in [6.45, 7) is 11.2. The molecule has 1 aromatic rings. The van der Waals surface area contributed by atoms with Gasteiger partial charge in [-0.2, -0.15) is 0 Å². The summed E-state index contributed by atoms with van der Waals surface area (Å²) in [7, 11) is 0. The third-order valence-corrected chi connectivity index (χ3v) is 4.40. The number of carbonyl (C=O) groups is 2. The molecule has 1 saturated heterocycles. The SMILES string of the molecule is CC(C)C1CN(c2ccc(C(N)=O)c(F)c2)CCN1C(=O)OC(C)(C)C. The molecular weight excluding hydrogens is 337 g/mol. The van der Waals surface area contributed by atoms with Gasteiger partial charge in [-0.05, 0) is 44.9 Å². The van der Waals surface area contributed by atoms with E-state index in [1.165, 1.54) is 12.1 Å². The summed E-state index contributed by atoms with van der Waals surface area (Å²) in [5.41, 5.74) is 5.15. The van der Waals surface area contributed by atoms with E-state index in [4.69, 9.17) is 10.5 Å². The van der Waals surface area contributed by atoms with Crippen molar-refractivity contribution in [3.05, 3.63) is 29.6 Å². The summed E-state index contributed by atoms with van der Waals surface area (Å²) in [5, 5.41) is 0. The number of ether oxygens (including phenoxy) is 1. The van der Waals surface area contributed by atoms with Crippen LogP contribution in [0.2, 0.25) is 0 Å². The third kappa shape index (κ3) is 4.65. The lowest BCUT2D eigenvalue weighted by Crippen LogP contribution is -2.58. The Kier molecular flexibility index (Phi) is 5.78. The molecule has 2 N–H and O–H groups in total. The van der Waals surface area contributed by atoms with Crippen molar-refractivity contribution in [3.63, 3.8) is 0 Å². The van der Waals surface area contributed by atoms with Crippen LogP contribution < -0.4 is 10.6 Å². The minimum atomic E-state index is -0.788. The first kappa shape index (κ1) is 20.0. The number of hydrogen-bond acceptors (Lipinski definition) is 4. The largest absolute Gasteiger partial charge is 0.444 e. The molecule has 1 unspecified atom stereocenters. The molecular formula is C19H28FN3O3. The predicted octanol–water partition coefficient (Wildman–Crippen LogP) is 3.01. The molecule has 1 aliphatic heterocycles. The van der Waals surface area contributed by atoms with Crippen LogP contribution in [0.15, 0.2) is 18.2 Å². The van der Waals surface area contributed by atoms with Gasteiger partial charge in [-0.3, -0.25) is 4.79 Å². The summed E-state index contributed by atoms with van der Waals surface area (Å²) in [5.74, 6) is -1.21. The predicted molar refractivity (Wildman–Crippen MR) is 98.7 cm³/mol. The summed E-state index contributed by atoms with van der Waals surface area (Å²) in [4.78, 5) is 27.5. The smallest absolute Gasteiger partial charge is 0.410 e. The summed E-state index contributed by atoms with van der Waals surface area (Å²) in [6.07, 6.45) is -0.328. The van der Waals surface area contributed by atoms with Crippen molar-refractivity contribution in [3.8, 4) is 0 Å². The van der Waals surface area contributed by atoms with E-state index in [0.717, 1.165) is 0 Å². The Hall–Kier alpha value is -2.31. The lowest BCUT2D eigenvalue weighted by atomic mass is 9.99. The van der Waals surface area contributed by atoms with E-state index in [1.807, 2.05) is 39.5 Å². The van der Waals surface area contributed by atoms with Gasteiger partial charge >= 0.3 is 6.09 Å². The molecule has 2 amide bonds. The quantitative estimate of drug-likeness (QED) is 0.893. The summed E-state index contributed by atoms with van der Waals surface area (Å²) in [6, 6.07) is 4.35. The van der Waals surface area contributed by atoms with Crippen LogP contribution in [0.5, 0.6) is 0 Å². The molecule has 1 heterocycles. The highest BCUT2D eigenvalue weighted by Gasteiger charge is 2.35. The van der Waals surface area contributed by atoms with Crippen molar-refractivity contribution in [1.82, 2.24) is 4.90 Å². The number of carbonyl (C=O) groups excluding carboxylic acids is 2. The van der Waals surface area contributed by atoms with Gasteiger partial charge in [0.05, 0.1) is 11.6 Å². The van der Waals surface area contributed by atoms with Gasteiger partial charge in [0.1, 0.15) is 11.4 Å². The van der Waals surface area contributed by atoms with Gasteiger partial charge < -0.3 is 20.3 Å². The fourth-order valence-electron chi connectivity index (χ4n) is 3.06. The van der Waals surface area contributed by atoms with Crippen molar-refractivity contribution < 1.29 is 18.7 Å². The first-order chi connectivity index (χ1) is 12.0. The topological polar surface area (TPSA) is 75.9 Å². The monoisotopic (exact) mass is 365 g/mol. The molecule has 0 aromatic heterocycles. The summed E-state index contributed by atoms with van der Waals surface area (Å²) >= 11 is 0. The average molecular weight is 365 g/mol. The van der Waals surface area contributed by atoms with Crippen LogP contribution in [-0.2, 0) is 4.74 Å². The van der Waals surface area contributed by atoms with Crippen LogP contribution >= 0.6 is 0 Å². The number of amides is 2. The van der Waals surface area contributed by atoms with E-state index in [2.05, 4.69) is 0 Å². The zero-order valence-corrected chi connectivity index (χ0v) is 16.1. The minimum absolute atomic E-state index is 0.0579. The highest BCUT2D eigenvalue weighted by molar-refractivity contribution is 5.93. The highest BCUT2D eigenvalue weighted by Crippen LogP contribution is 2.26. The zero-order valence-electron chi connectivity index (χ0n) is 16.1. The van der Waals surface area contributed by atoms with Gasteiger partial charge in [0.2, 0.25) is 0 Å². The van der Waals surface area contributed by atoms with Crippen molar-refractivity contribution in [2.45, 2.75) is 46.3 Å². The molecule has 1 aromatic carbocycles. The van der Waals surface area contributed by atoms with E-state index in [1.54, 1.807) is 11.0 Å². The Morgan fingerprint density at radius 3 is 2.42 bits per heavy atom. The van der Waals surface area contributed by atoms with E-state index in [9.17, 15) is 14.0 Å². The van der Waals surface area contributed by atoms with E-state index in [-0.39, 0.29) is 23.6 Å². The van der Waals surface area contributed by atoms with Gasteiger partial charge in [0, 0.05) is 25.3 Å². The molecule has 0 saturated carbocycles. The standard InChI is InChI=1S/C19H28FN3O3/c1-12(2)16-11-22(8-9-23(16)18(25)26-19(3,4)5)13-6-7-14(17(21)24)15(20)10-13/h6-7,10,12,16H,8-9,11H2,1-5H3,(H2,21,24). The minimum Gasteiger partial charge on any atom is -0.444 e. The first-order valence-corrected chi connectivity index (χ1v) is 8.83. The van der Waals surface area contributed by atoms with Gasteiger partial charge in [0.15, 0.2) is 0 Å². The number of anilines is 1. The Balaban J connectivity index is 2.18. The lowest BCUT2D eigenvalue weighted by molar-refractivity contribution is 0.00881. The van der Waals surface area contributed by atoms with Gasteiger partial charge in [0.25, 0.3) is 5.91 Å². The first-order valence-electron chi connectivity index (χ1n) is 8.83. The fourth-order valence-corrected chi connectivity index (χ4v) is 3.06. The van der Waals surface area contributed by atoms with Crippen LogP contribution in [0, 0.1) is 11.7 Å². The molecule has 1 atom stereocenters. The van der Waals surface area contributed by atoms with Crippen LogP contribution in [0.4, 0.5) is 14.9 Å². The maximum atomic E-state index is 14.1. The number of halogens is 1. The molecule has 7 heteroatoms. The number of benzene rings is 1. The highest BCUT2D eigenvalue weighted by atomic mass is 19.1. The van der Waals surface area contributed by atoms with Crippen molar-refractivity contribution in [2.75, 3.05) is 24.5 Å². The average Bonchev–Trinajstić information content (AvgIpc) is 2.52. The normalized spacial score (nSPS) is 18.2. The third-order valence-electron chi connectivity index (χ3n) is 4.40. The molecule has 26 heavy (non-hydrogen) atoms. The second kappa shape index (κ2) is 7.51. The maximum Gasteiger partial charge on any atom is 0.410 e. The van der Waals surface area contributed by atoms with E-state index >= 15 is 0 Å². The maximum absolute atomic E-state index is 14.1. The number of rotatable bonds is 3. The van der Waals surface area contributed by atoms with Crippen molar-refractivity contribution >= 4 is 17.7 Å². The molecule has 0 aliphatic carbocycles. The summed E-state index contributed by atoms with van der Waals surface area (Å²) < 4.78 is 19.6. The lowest BCUT2D eigenvalue weighted by Gasteiger charge is -2.44.